The lowest BCUT2D eigenvalue weighted by molar-refractivity contribution is -0.133. The summed E-state index contributed by atoms with van der Waals surface area (Å²) >= 11 is 6.25. The van der Waals surface area contributed by atoms with Gasteiger partial charge in [0.25, 0.3) is 11.8 Å². The van der Waals surface area contributed by atoms with Crippen LogP contribution in [0.2, 0.25) is 5.02 Å². The van der Waals surface area contributed by atoms with Gasteiger partial charge in [-0.3, -0.25) is 9.59 Å². The van der Waals surface area contributed by atoms with Gasteiger partial charge in [-0.05, 0) is 47.9 Å². The minimum Gasteiger partial charge on any atom is -0.360 e. The van der Waals surface area contributed by atoms with E-state index in [4.69, 9.17) is 11.6 Å². The zero-order valence-electron chi connectivity index (χ0n) is 15.9. The Hall–Kier alpha value is -2.57. The van der Waals surface area contributed by atoms with Crippen LogP contribution in [0.25, 0.3) is 0 Å². The van der Waals surface area contributed by atoms with Crippen LogP contribution in [0.4, 0.5) is 11.4 Å². The Balaban J connectivity index is 1.86. The quantitative estimate of drug-likeness (QED) is 0.677. The molecule has 146 valence electrons. The number of nitrogens with one attached hydrogen (secondary N) is 3. The van der Waals surface area contributed by atoms with Gasteiger partial charge in [-0.15, -0.1) is 0 Å². The molecule has 2 amide bonds. The highest BCUT2D eigenvalue weighted by atomic mass is 35.5. The number of halogens is 1. The van der Waals surface area contributed by atoms with Crippen LogP contribution in [0.15, 0.2) is 36.4 Å². The van der Waals surface area contributed by atoms with Gasteiger partial charge in [-0.2, -0.15) is 0 Å². The zero-order valence-corrected chi connectivity index (χ0v) is 16.7. The van der Waals surface area contributed by atoms with E-state index in [0.717, 1.165) is 30.9 Å². The minimum absolute atomic E-state index is 0.287. The number of carbonyl (C=O) groups is 2. The maximum atomic E-state index is 13.6. The van der Waals surface area contributed by atoms with Gasteiger partial charge in [-0.25, -0.2) is 0 Å². The van der Waals surface area contributed by atoms with Crippen LogP contribution in [-0.4, -0.2) is 25.4 Å². The molecule has 2 aliphatic heterocycles. The molecule has 2 aromatic carbocycles. The summed E-state index contributed by atoms with van der Waals surface area (Å²) in [5, 5.41) is 9.73. The highest BCUT2D eigenvalue weighted by molar-refractivity contribution is 6.31. The minimum atomic E-state index is -1.55. The molecule has 0 bridgehead atoms. The largest absolute Gasteiger partial charge is 0.360 e. The van der Waals surface area contributed by atoms with Crippen molar-refractivity contribution >= 4 is 34.8 Å². The van der Waals surface area contributed by atoms with E-state index in [1.165, 1.54) is 11.1 Å². The summed E-state index contributed by atoms with van der Waals surface area (Å²) in [5.41, 5.74) is 2.87. The van der Waals surface area contributed by atoms with Crippen LogP contribution < -0.4 is 20.9 Å². The van der Waals surface area contributed by atoms with Gasteiger partial charge >= 0.3 is 0 Å². The molecule has 0 radical (unpaired) electrons. The maximum absolute atomic E-state index is 13.6. The van der Waals surface area contributed by atoms with Crippen LogP contribution in [0.3, 0.4) is 0 Å². The molecule has 0 aromatic heterocycles. The first-order valence-corrected chi connectivity index (χ1v) is 9.84. The van der Waals surface area contributed by atoms with Crippen molar-refractivity contribution in [2.24, 2.45) is 0 Å². The second-order valence-corrected chi connectivity index (χ2v) is 7.60. The summed E-state index contributed by atoms with van der Waals surface area (Å²) in [6, 6.07) is 11.2. The third kappa shape index (κ3) is 2.75. The van der Waals surface area contributed by atoms with Crippen molar-refractivity contribution in [3.8, 4) is 0 Å². The highest BCUT2D eigenvalue weighted by Crippen LogP contribution is 2.44. The maximum Gasteiger partial charge on any atom is 0.267 e. The molecule has 2 aliphatic rings. The first-order valence-electron chi connectivity index (χ1n) is 9.46. The molecule has 2 aromatic rings. The van der Waals surface area contributed by atoms with E-state index in [1.54, 1.807) is 24.1 Å². The van der Waals surface area contributed by atoms with Crippen molar-refractivity contribution in [2.45, 2.75) is 32.0 Å². The SMILES string of the molecule is CCCN1C(=O)[C@](Nc2ccc3c(c2)CNC3)(C(=O)NC)c2cc(Cl)ccc21. The molecule has 0 saturated heterocycles. The van der Waals surface area contributed by atoms with E-state index in [-0.39, 0.29) is 5.91 Å². The Bertz CT molecular complexity index is 961. The fourth-order valence-electron chi connectivity index (χ4n) is 4.09. The molecule has 4 rings (SSSR count). The average Bonchev–Trinajstić information content (AvgIpc) is 3.24. The highest BCUT2D eigenvalue weighted by Gasteiger charge is 2.56. The van der Waals surface area contributed by atoms with Gasteiger partial charge in [0, 0.05) is 43.0 Å². The number of rotatable bonds is 5. The Morgan fingerprint density at radius 1 is 1.21 bits per heavy atom. The molecule has 0 unspecified atom stereocenters. The first-order chi connectivity index (χ1) is 13.5. The molecule has 7 heteroatoms. The molecule has 1 atom stereocenters. The first kappa shape index (κ1) is 18.8. The van der Waals surface area contributed by atoms with Crippen LogP contribution in [-0.2, 0) is 28.2 Å². The number of carbonyl (C=O) groups excluding carboxylic acids is 2. The smallest absolute Gasteiger partial charge is 0.267 e. The molecule has 0 fully saturated rings. The number of likely N-dealkylation sites (N-methyl/N-ethyl adjacent to an activating group) is 1. The summed E-state index contributed by atoms with van der Waals surface area (Å²) in [6.07, 6.45) is 0.780. The van der Waals surface area contributed by atoms with Gasteiger partial charge in [0.15, 0.2) is 0 Å². The predicted octanol–water partition coefficient (Wildman–Crippen LogP) is 2.75. The number of fused-ring (bicyclic) bond motifs is 2. The Labute approximate surface area is 169 Å². The summed E-state index contributed by atoms with van der Waals surface area (Å²) < 4.78 is 0. The number of anilines is 2. The van der Waals surface area contributed by atoms with E-state index >= 15 is 0 Å². The van der Waals surface area contributed by atoms with E-state index in [9.17, 15) is 9.59 Å². The summed E-state index contributed by atoms with van der Waals surface area (Å²) in [4.78, 5) is 28.4. The van der Waals surface area contributed by atoms with E-state index in [2.05, 4.69) is 16.0 Å². The molecule has 3 N–H and O–H groups in total. The van der Waals surface area contributed by atoms with Crippen molar-refractivity contribution in [1.29, 1.82) is 0 Å². The molecule has 28 heavy (non-hydrogen) atoms. The molecule has 2 heterocycles. The average molecular weight is 399 g/mol. The standard InChI is InChI=1S/C21H23ClN4O2/c1-3-8-26-18-7-5-15(22)10-17(18)21(20(26)28,19(27)23-2)25-16-6-4-13-11-24-12-14(13)9-16/h4-7,9-10,24-25H,3,8,11-12H2,1-2H3,(H,23,27)/t21-/m1/s1. The molecule has 6 nitrogen and oxygen atoms in total. The topological polar surface area (TPSA) is 73.5 Å². The lowest BCUT2D eigenvalue weighted by Gasteiger charge is -2.29. The molecule has 0 spiro atoms. The molecular weight excluding hydrogens is 376 g/mol. The zero-order chi connectivity index (χ0) is 19.9. The summed E-state index contributed by atoms with van der Waals surface area (Å²) in [7, 11) is 1.54. The van der Waals surface area contributed by atoms with Crippen molar-refractivity contribution < 1.29 is 9.59 Å². The Kier molecular flexibility index (Phi) is 4.77. The van der Waals surface area contributed by atoms with Crippen LogP contribution in [0.1, 0.15) is 30.0 Å². The number of hydrogen-bond donors (Lipinski definition) is 3. The van der Waals surface area contributed by atoms with Crippen LogP contribution >= 0.6 is 11.6 Å². The van der Waals surface area contributed by atoms with Crippen LogP contribution in [0.5, 0.6) is 0 Å². The van der Waals surface area contributed by atoms with Crippen molar-refractivity contribution in [3.63, 3.8) is 0 Å². The van der Waals surface area contributed by atoms with Crippen molar-refractivity contribution in [2.75, 3.05) is 23.8 Å². The summed E-state index contributed by atoms with van der Waals surface area (Å²) in [6.45, 7) is 4.14. The van der Waals surface area contributed by atoms with Gasteiger partial charge in [0.1, 0.15) is 0 Å². The monoisotopic (exact) mass is 398 g/mol. The second-order valence-electron chi connectivity index (χ2n) is 7.16. The number of nitrogens with zero attached hydrogens (tertiary/aromatic N) is 1. The summed E-state index contributed by atoms with van der Waals surface area (Å²) in [5.74, 6) is -0.692. The molecule has 0 aliphatic carbocycles. The van der Waals surface area contributed by atoms with Crippen LogP contribution in [0, 0.1) is 0 Å². The fraction of sp³-hybridized carbons (Fsp3) is 0.333. The predicted molar refractivity (Wildman–Crippen MR) is 110 cm³/mol. The fourth-order valence-corrected chi connectivity index (χ4v) is 4.26. The number of hydrogen-bond acceptors (Lipinski definition) is 4. The number of amides is 2. The van der Waals surface area contributed by atoms with E-state index in [0.29, 0.717) is 17.1 Å². The second kappa shape index (κ2) is 7.11. The lowest BCUT2D eigenvalue weighted by Crippen LogP contribution is -2.55. The van der Waals surface area contributed by atoms with Gasteiger partial charge in [0.2, 0.25) is 5.54 Å². The number of benzene rings is 2. The van der Waals surface area contributed by atoms with Gasteiger partial charge in [0.05, 0.1) is 5.69 Å². The third-order valence-corrected chi connectivity index (χ3v) is 5.64. The van der Waals surface area contributed by atoms with E-state index < -0.39 is 11.4 Å². The Morgan fingerprint density at radius 3 is 2.75 bits per heavy atom. The lowest BCUT2D eigenvalue weighted by atomic mass is 9.89. The molecule has 0 saturated carbocycles. The molecular formula is C21H23ClN4O2. The Morgan fingerprint density at radius 2 is 2.00 bits per heavy atom. The van der Waals surface area contributed by atoms with Crippen molar-refractivity contribution in [1.82, 2.24) is 10.6 Å². The normalized spacial score (nSPS) is 20.1. The van der Waals surface area contributed by atoms with Crippen molar-refractivity contribution in [3.05, 3.63) is 58.1 Å². The van der Waals surface area contributed by atoms with Gasteiger partial charge in [-0.1, -0.05) is 24.6 Å². The van der Waals surface area contributed by atoms with Gasteiger partial charge < -0.3 is 20.9 Å². The third-order valence-electron chi connectivity index (χ3n) is 5.40. The van der Waals surface area contributed by atoms with E-state index in [1.807, 2.05) is 31.2 Å².